The molecule has 2 aliphatic rings. The molecule has 34 heavy (non-hydrogen) atoms. The first-order chi connectivity index (χ1) is 16.2. The molecule has 1 aliphatic heterocycles. The van der Waals surface area contributed by atoms with Crippen LogP contribution in [-0.4, -0.2) is 66.0 Å². The molecule has 2 atom stereocenters. The number of piperidine rings is 1. The van der Waals surface area contributed by atoms with Crippen molar-refractivity contribution in [2.45, 2.75) is 50.6 Å². The summed E-state index contributed by atoms with van der Waals surface area (Å²) in [5.41, 5.74) is -0.779. The second-order valence-electron chi connectivity index (χ2n) is 9.32. The van der Waals surface area contributed by atoms with E-state index >= 15 is 0 Å². The highest BCUT2D eigenvalue weighted by molar-refractivity contribution is 5.94. The Balaban J connectivity index is 1.49. The van der Waals surface area contributed by atoms with Crippen LogP contribution in [0.25, 0.3) is 11.3 Å². The number of nitrogens with zero attached hydrogens (tertiary/aromatic N) is 3. The number of aromatic nitrogens is 1. The molecule has 1 aliphatic carbocycles. The highest BCUT2D eigenvalue weighted by Crippen LogP contribution is 2.30. The topological polar surface area (TPSA) is 78.7 Å². The molecule has 1 saturated heterocycles. The second-order valence-corrected chi connectivity index (χ2v) is 9.32. The molecule has 184 valence electrons. The lowest BCUT2D eigenvalue weighted by molar-refractivity contribution is -0.136. The standard InChI is InChI=1S/C24H29F3N4O3/c1-30(2)24(33)16-13-31(15-6-4-3-5-7-15)9-8-19(16)28-23(32)20-12-21(34-29-20)22-17(26)10-14(25)11-18(22)27/h10-12,15-16,19H,3-9,13H2,1-2H3,(H,28,32)/t16-,19-/m0/s1. The van der Waals surface area contributed by atoms with Crippen molar-refractivity contribution in [3.8, 4) is 11.3 Å². The highest BCUT2D eigenvalue weighted by atomic mass is 19.1. The largest absolute Gasteiger partial charge is 0.355 e. The normalized spacial score (nSPS) is 21.9. The average molecular weight is 479 g/mol. The van der Waals surface area contributed by atoms with Gasteiger partial charge in [0.1, 0.15) is 17.5 Å². The molecule has 0 radical (unpaired) electrons. The van der Waals surface area contributed by atoms with E-state index in [9.17, 15) is 22.8 Å². The molecule has 10 heteroatoms. The molecule has 1 saturated carbocycles. The molecule has 1 aromatic heterocycles. The number of carbonyl (C=O) groups is 2. The quantitative estimate of drug-likeness (QED) is 0.711. The number of hydrogen-bond donors (Lipinski definition) is 1. The maximum absolute atomic E-state index is 14.1. The van der Waals surface area contributed by atoms with Crippen molar-refractivity contribution in [3.05, 3.63) is 41.3 Å². The minimum absolute atomic E-state index is 0.0675. The Labute approximate surface area is 196 Å². The van der Waals surface area contributed by atoms with Gasteiger partial charge >= 0.3 is 0 Å². The summed E-state index contributed by atoms with van der Waals surface area (Å²) in [4.78, 5) is 29.7. The van der Waals surface area contributed by atoms with E-state index in [1.807, 2.05) is 0 Å². The number of benzene rings is 1. The van der Waals surface area contributed by atoms with Gasteiger partial charge in [-0.2, -0.15) is 0 Å². The van der Waals surface area contributed by atoms with Crippen LogP contribution in [0.3, 0.4) is 0 Å². The highest BCUT2D eigenvalue weighted by Gasteiger charge is 2.38. The minimum Gasteiger partial charge on any atom is -0.355 e. The smallest absolute Gasteiger partial charge is 0.273 e. The molecular formula is C24H29F3N4O3. The van der Waals surface area contributed by atoms with Gasteiger partial charge in [-0.05, 0) is 19.3 Å². The number of halogens is 3. The summed E-state index contributed by atoms with van der Waals surface area (Å²) < 4.78 is 46.3. The summed E-state index contributed by atoms with van der Waals surface area (Å²) in [5, 5.41) is 6.50. The van der Waals surface area contributed by atoms with Crippen molar-refractivity contribution in [2.75, 3.05) is 27.2 Å². The van der Waals surface area contributed by atoms with Crippen molar-refractivity contribution in [2.24, 2.45) is 5.92 Å². The predicted octanol–water partition coefficient (Wildman–Crippen LogP) is 3.60. The summed E-state index contributed by atoms with van der Waals surface area (Å²) in [5.74, 6) is -4.80. The molecule has 2 heterocycles. The van der Waals surface area contributed by atoms with Gasteiger partial charge < -0.3 is 14.7 Å². The van der Waals surface area contributed by atoms with Crippen LogP contribution in [0.5, 0.6) is 0 Å². The van der Waals surface area contributed by atoms with E-state index in [1.54, 1.807) is 14.1 Å². The average Bonchev–Trinajstić information content (AvgIpc) is 3.28. The lowest BCUT2D eigenvalue weighted by Crippen LogP contribution is -2.57. The monoisotopic (exact) mass is 478 g/mol. The van der Waals surface area contributed by atoms with Crippen molar-refractivity contribution in [3.63, 3.8) is 0 Å². The molecule has 7 nitrogen and oxygen atoms in total. The Morgan fingerprint density at radius 1 is 1.06 bits per heavy atom. The first kappa shape index (κ1) is 24.3. The van der Waals surface area contributed by atoms with Crippen molar-refractivity contribution in [1.29, 1.82) is 0 Å². The number of likely N-dealkylation sites (tertiary alicyclic amines) is 1. The Morgan fingerprint density at radius 2 is 1.74 bits per heavy atom. The maximum Gasteiger partial charge on any atom is 0.273 e. The van der Waals surface area contributed by atoms with Gasteiger partial charge in [-0.15, -0.1) is 0 Å². The SMILES string of the molecule is CN(C)C(=O)[C@H]1CN(C2CCCCC2)CC[C@@H]1NC(=O)c1cc(-c2c(F)cc(F)cc2F)on1. The molecule has 2 amide bonds. The fraction of sp³-hybridized carbons (Fsp3) is 0.542. The summed E-state index contributed by atoms with van der Waals surface area (Å²) in [6, 6.07) is 2.20. The third-order valence-corrected chi connectivity index (χ3v) is 6.81. The van der Waals surface area contributed by atoms with Crippen LogP contribution in [0.1, 0.15) is 49.0 Å². The number of amides is 2. The molecule has 1 N–H and O–H groups in total. The summed E-state index contributed by atoms with van der Waals surface area (Å²) in [7, 11) is 3.38. The van der Waals surface area contributed by atoms with Crippen LogP contribution >= 0.6 is 0 Å². The van der Waals surface area contributed by atoms with E-state index < -0.39 is 40.9 Å². The lowest BCUT2D eigenvalue weighted by atomic mass is 9.86. The second kappa shape index (κ2) is 10.2. The maximum atomic E-state index is 14.1. The number of hydrogen-bond acceptors (Lipinski definition) is 5. The zero-order valence-corrected chi connectivity index (χ0v) is 19.3. The molecule has 4 rings (SSSR count). The minimum atomic E-state index is -1.16. The van der Waals surface area contributed by atoms with Gasteiger partial charge in [0.25, 0.3) is 5.91 Å². The molecular weight excluding hydrogens is 449 g/mol. The van der Waals surface area contributed by atoms with E-state index in [-0.39, 0.29) is 17.4 Å². The Morgan fingerprint density at radius 3 is 2.38 bits per heavy atom. The van der Waals surface area contributed by atoms with Crippen molar-refractivity contribution in [1.82, 2.24) is 20.3 Å². The Bertz CT molecular complexity index is 1030. The van der Waals surface area contributed by atoms with Gasteiger partial charge in [-0.1, -0.05) is 24.4 Å². The van der Waals surface area contributed by atoms with Crippen LogP contribution in [0.15, 0.2) is 22.7 Å². The van der Waals surface area contributed by atoms with Gasteiger partial charge in [-0.3, -0.25) is 14.5 Å². The predicted molar refractivity (Wildman–Crippen MR) is 118 cm³/mol. The zero-order valence-electron chi connectivity index (χ0n) is 19.3. The molecule has 0 unspecified atom stereocenters. The molecule has 2 aromatic rings. The molecule has 0 bridgehead atoms. The van der Waals surface area contributed by atoms with Crippen LogP contribution in [-0.2, 0) is 4.79 Å². The fourth-order valence-electron chi connectivity index (χ4n) is 5.03. The van der Waals surface area contributed by atoms with E-state index in [4.69, 9.17) is 4.52 Å². The summed E-state index contributed by atoms with van der Waals surface area (Å²) in [6.07, 6.45) is 6.47. The molecule has 1 aromatic carbocycles. The first-order valence-electron chi connectivity index (χ1n) is 11.6. The Kier molecular flexibility index (Phi) is 7.25. The van der Waals surface area contributed by atoms with Gasteiger partial charge in [0.15, 0.2) is 11.5 Å². The first-order valence-corrected chi connectivity index (χ1v) is 11.6. The van der Waals surface area contributed by atoms with E-state index in [0.29, 0.717) is 31.1 Å². The van der Waals surface area contributed by atoms with Crippen molar-refractivity contribution >= 4 is 11.8 Å². The van der Waals surface area contributed by atoms with E-state index in [0.717, 1.165) is 25.5 Å². The summed E-state index contributed by atoms with van der Waals surface area (Å²) in [6.45, 7) is 1.32. The van der Waals surface area contributed by atoms with Crippen LogP contribution in [0.2, 0.25) is 0 Å². The van der Waals surface area contributed by atoms with Crippen LogP contribution in [0.4, 0.5) is 13.2 Å². The van der Waals surface area contributed by atoms with E-state index in [2.05, 4.69) is 15.4 Å². The van der Waals surface area contributed by atoms with E-state index in [1.165, 1.54) is 24.2 Å². The van der Waals surface area contributed by atoms with Gasteiger partial charge in [-0.25, -0.2) is 13.2 Å². The van der Waals surface area contributed by atoms with Crippen LogP contribution in [0, 0.1) is 23.4 Å². The van der Waals surface area contributed by atoms with Crippen molar-refractivity contribution < 1.29 is 27.3 Å². The Hall–Kier alpha value is -2.88. The zero-order chi connectivity index (χ0) is 24.4. The van der Waals surface area contributed by atoms with Gasteiger partial charge in [0.2, 0.25) is 5.91 Å². The number of nitrogens with one attached hydrogen (secondary N) is 1. The van der Waals surface area contributed by atoms with Gasteiger partial charge in [0.05, 0.1) is 11.5 Å². The number of carbonyl (C=O) groups excluding carboxylic acids is 2. The third kappa shape index (κ3) is 5.11. The fourth-order valence-corrected chi connectivity index (χ4v) is 5.03. The van der Waals surface area contributed by atoms with Gasteiger partial charge in [0, 0.05) is 57.5 Å². The lowest BCUT2D eigenvalue weighted by Gasteiger charge is -2.43. The molecule has 0 spiro atoms. The number of rotatable bonds is 5. The summed E-state index contributed by atoms with van der Waals surface area (Å²) >= 11 is 0. The molecule has 2 fully saturated rings. The van der Waals surface area contributed by atoms with Crippen LogP contribution < -0.4 is 5.32 Å². The third-order valence-electron chi connectivity index (χ3n) is 6.81.